The Hall–Kier alpha value is -2.38. The van der Waals surface area contributed by atoms with Crippen molar-refractivity contribution in [3.8, 4) is 5.75 Å². The number of nitro benzene ring substituents is 2. The molecule has 0 saturated carbocycles. The van der Waals surface area contributed by atoms with Gasteiger partial charge in [-0.1, -0.05) is 0 Å². The third-order valence-electron chi connectivity index (χ3n) is 1.97. The lowest BCUT2D eigenvalue weighted by Crippen LogP contribution is -2.03. The van der Waals surface area contributed by atoms with E-state index in [-0.39, 0.29) is 11.4 Å². The second kappa shape index (κ2) is 4.43. The molecule has 1 aromatic carbocycles. The first-order valence-electron chi connectivity index (χ1n) is 4.20. The summed E-state index contributed by atoms with van der Waals surface area (Å²) in [4.78, 5) is 19.9. The van der Waals surface area contributed by atoms with Gasteiger partial charge in [0.2, 0.25) is 5.75 Å². The van der Waals surface area contributed by atoms with Gasteiger partial charge in [0.05, 0.1) is 17.0 Å². The Kier molecular flexibility index (Phi) is 3.24. The van der Waals surface area contributed by atoms with Crippen molar-refractivity contribution in [3.63, 3.8) is 0 Å². The molecule has 0 aliphatic heterocycles. The molecule has 0 unspecified atom stereocenters. The molecule has 0 aliphatic carbocycles. The van der Waals surface area contributed by atoms with Gasteiger partial charge in [0.1, 0.15) is 5.69 Å². The molecule has 0 atom stereocenters. The number of nitro groups is 2. The Balaban J connectivity index is 3.60. The highest BCUT2D eigenvalue weighted by Gasteiger charge is 2.33. The van der Waals surface area contributed by atoms with Crippen molar-refractivity contribution >= 4 is 17.1 Å². The van der Waals surface area contributed by atoms with Gasteiger partial charge in [-0.3, -0.25) is 20.2 Å². The van der Waals surface area contributed by atoms with Crippen molar-refractivity contribution in [2.24, 2.45) is 0 Å². The first kappa shape index (κ1) is 11.7. The fourth-order valence-electron chi connectivity index (χ4n) is 1.29. The first-order chi connectivity index (χ1) is 7.52. The maximum absolute atomic E-state index is 10.8. The van der Waals surface area contributed by atoms with E-state index in [9.17, 15) is 20.2 Å². The third-order valence-corrected chi connectivity index (χ3v) is 1.97. The fourth-order valence-corrected chi connectivity index (χ4v) is 1.29. The van der Waals surface area contributed by atoms with Crippen LogP contribution >= 0.6 is 0 Å². The lowest BCUT2D eigenvalue weighted by molar-refractivity contribution is -0.422. The van der Waals surface area contributed by atoms with Crippen LogP contribution in [0.1, 0.15) is 0 Å². The number of anilines is 1. The number of benzene rings is 1. The van der Waals surface area contributed by atoms with Gasteiger partial charge in [-0.15, -0.1) is 0 Å². The summed E-state index contributed by atoms with van der Waals surface area (Å²) in [6, 6.07) is 2.65. The second-order valence-corrected chi connectivity index (χ2v) is 2.78. The van der Waals surface area contributed by atoms with Crippen LogP contribution in [0.2, 0.25) is 0 Å². The molecule has 8 heteroatoms. The van der Waals surface area contributed by atoms with Crippen LogP contribution in [0.3, 0.4) is 0 Å². The summed E-state index contributed by atoms with van der Waals surface area (Å²) in [5.41, 5.74) is -1.19. The quantitative estimate of drug-likeness (QED) is 0.617. The predicted molar refractivity (Wildman–Crippen MR) is 55.8 cm³/mol. The van der Waals surface area contributed by atoms with Crippen LogP contribution in [0, 0.1) is 20.2 Å². The lowest BCUT2D eigenvalue weighted by atomic mass is 10.2. The van der Waals surface area contributed by atoms with Gasteiger partial charge in [-0.2, -0.15) is 0 Å². The molecule has 86 valence electrons. The minimum absolute atomic E-state index is 0.0671. The minimum atomic E-state index is -0.836. The lowest BCUT2D eigenvalue weighted by Gasteiger charge is -2.05. The molecule has 0 bridgehead atoms. The Morgan fingerprint density at radius 3 is 2.12 bits per heavy atom. The zero-order valence-corrected chi connectivity index (χ0v) is 8.59. The predicted octanol–water partition coefficient (Wildman–Crippen LogP) is 1.55. The summed E-state index contributed by atoms with van der Waals surface area (Å²) in [5.74, 6) is -0.143. The molecule has 0 fully saturated rings. The average molecular weight is 227 g/mol. The van der Waals surface area contributed by atoms with E-state index in [0.717, 1.165) is 0 Å². The topological polar surface area (TPSA) is 108 Å². The Bertz CT molecular complexity index is 405. The van der Waals surface area contributed by atoms with E-state index >= 15 is 0 Å². The molecule has 1 rings (SSSR count). The molecule has 8 nitrogen and oxygen atoms in total. The number of methoxy groups -OCH3 is 1. The number of hydrogen-bond acceptors (Lipinski definition) is 6. The van der Waals surface area contributed by atoms with Gasteiger partial charge < -0.3 is 10.1 Å². The monoisotopic (exact) mass is 227 g/mol. The van der Waals surface area contributed by atoms with Crippen molar-refractivity contribution in [3.05, 3.63) is 32.4 Å². The van der Waals surface area contributed by atoms with Crippen LogP contribution in [0.4, 0.5) is 17.1 Å². The van der Waals surface area contributed by atoms with Gasteiger partial charge in [0.25, 0.3) is 0 Å². The molecular formula is C8H9N3O5. The molecule has 1 aromatic rings. The maximum atomic E-state index is 10.8. The molecule has 1 N–H and O–H groups in total. The number of nitrogens with one attached hydrogen (secondary N) is 1. The van der Waals surface area contributed by atoms with Gasteiger partial charge >= 0.3 is 11.4 Å². The van der Waals surface area contributed by atoms with E-state index in [1.165, 1.54) is 26.3 Å². The fraction of sp³-hybridized carbons (Fsp3) is 0.250. The Morgan fingerprint density at radius 2 is 1.75 bits per heavy atom. The van der Waals surface area contributed by atoms with E-state index in [1.54, 1.807) is 0 Å². The molecule has 16 heavy (non-hydrogen) atoms. The summed E-state index contributed by atoms with van der Waals surface area (Å²) < 4.78 is 4.72. The second-order valence-electron chi connectivity index (χ2n) is 2.78. The van der Waals surface area contributed by atoms with Crippen LogP contribution in [0.5, 0.6) is 5.75 Å². The summed E-state index contributed by atoms with van der Waals surface area (Å²) in [5, 5.41) is 24.1. The zero-order valence-electron chi connectivity index (χ0n) is 8.59. The summed E-state index contributed by atoms with van der Waals surface area (Å²) in [6.07, 6.45) is 0. The molecule has 0 aliphatic rings. The van der Waals surface area contributed by atoms with Gasteiger partial charge in [0.15, 0.2) is 0 Å². The Labute approximate surface area is 90.1 Å². The largest absolute Gasteiger partial charge is 0.490 e. The van der Waals surface area contributed by atoms with Crippen molar-refractivity contribution < 1.29 is 14.6 Å². The third kappa shape index (κ3) is 1.85. The minimum Gasteiger partial charge on any atom is -0.490 e. The summed E-state index contributed by atoms with van der Waals surface area (Å²) in [7, 11) is 2.66. The maximum Gasteiger partial charge on any atom is 0.389 e. The van der Waals surface area contributed by atoms with Crippen molar-refractivity contribution in [2.75, 3.05) is 19.5 Å². The highest BCUT2D eigenvalue weighted by Crippen LogP contribution is 2.41. The molecule has 0 amide bonds. The SMILES string of the molecule is CNc1ccc(OC)c([N+](=O)[O-])c1[N+](=O)[O-]. The number of rotatable bonds is 4. The van der Waals surface area contributed by atoms with Crippen molar-refractivity contribution in [1.82, 2.24) is 0 Å². The molecule has 0 heterocycles. The van der Waals surface area contributed by atoms with Crippen molar-refractivity contribution in [1.29, 1.82) is 0 Å². The van der Waals surface area contributed by atoms with Crippen LogP contribution < -0.4 is 10.1 Å². The number of ether oxygens (including phenoxy) is 1. The number of hydrogen-bond donors (Lipinski definition) is 1. The standard InChI is InChI=1S/C8H9N3O5/c1-9-5-3-4-6(16-2)8(11(14)15)7(5)10(12)13/h3-4,9H,1-2H3. The Morgan fingerprint density at radius 1 is 1.19 bits per heavy atom. The first-order valence-corrected chi connectivity index (χ1v) is 4.20. The molecular weight excluding hydrogens is 218 g/mol. The molecule has 0 spiro atoms. The van der Waals surface area contributed by atoms with E-state index in [0.29, 0.717) is 0 Å². The molecule has 0 radical (unpaired) electrons. The van der Waals surface area contributed by atoms with Gasteiger partial charge in [-0.25, -0.2) is 0 Å². The van der Waals surface area contributed by atoms with E-state index < -0.39 is 21.2 Å². The molecule has 0 saturated heterocycles. The van der Waals surface area contributed by atoms with Crippen LogP contribution in [0.25, 0.3) is 0 Å². The highest BCUT2D eigenvalue weighted by molar-refractivity contribution is 5.76. The zero-order chi connectivity index (χ0) is 12.3. The normalized spacial score (nSPS) is 9.62. The number of nitrogens with zero attached hydrogens (tertiary/aromatic N) is 2. The van der Waals surface area contributed by atoms with Crippen LogP contribution in [0.15, 0.2) is 12.1 Å². The smallest absolute Gasteiger partial charge is 0.389 e. The molecule has 0 aromatic heterocycles. The highest BCUT2D eigenvalue weighted by atomic mass is 16.6. The average Bonchev–Trinajstić information content (AvgIpc) is 2.26. The summed E-state index contributed by atoms with van der Waals surface area (Å²) in [6.45, 7) is 0. The summed E-state index contributed by atoms with van der Waals surface area (Å²) >= 11 is 0. The van der Waals surface area contributed by atoms with Gasteiger partial charge in [0, 0.05) is 7.05 Å². The van der Waals surface area contributed by atoms with Crippen molar-refractivity contribution in [2.45, 2.75) is 0 Å². The van der Waals surface area contributed by atoms with Gasteiger partial charge in [-0.05, 0) is 12.1 Å². The van der Waals surface area contributed by atoms with E-state index in [1.807, 2.05) is 0 Å². The van der Waals surface area contributed by atoms with E-state index in [2.05, 4.69) is 5.32 Å². The van der Waals surface area contributed by atoms with Crippen LogP contribution in [-0.4, -0.2) is 24.0 Å². The van der Waals surface area contributed by atoms with E-state index in [4.69, 9.17) is 4.74 Å². The van der Waals surface area contributed by atoms with Crippen LogP contribution in [-0.2, 0) is 0 Å².